The molecular formula is C15H24ClNO. The SMILES string of the molecule is CCCOc1c(CCCN)cc(Cl)cc1C(C)C. The molecule has 0 aliphatic heterocycles. The van der Waals surface area contributed by atoms with Gasteiger partial charge in [0.15, 0.2) is 0 Å². The molecule has 0 radical (unpaired) electrons. The van der Waals surface area contributed by atoms with Gasteiger partial charge >= 0.3 is 0 Å². The van der Waals surface area contributed by atoms with Crippen molar-refractivity contribution >= 4 is 11.6 Å². The Hall–Kier alpha value is -0.730. The maximum Gasteiger partial charge on any atom is 0.126 e. The summed E-state index contributed by atoms with van der Waals surface area (Å²) in [5.41, 5.74) is 7.97. The molecule has 18 heavy (non-hydrogen) atoms. The Morgan fingerprint density at radius 2 is 2.06 bits per heavy atom. The van der Waals surface area contributed by atoms with Crippen LogP contribution in [0, 0.1) is 0 Å². The quantitative estimate of drug-likeness (QED) is 0.807. The number of hydrogen-bond acceptors (Lipinski definition) is 2. The van der Waals surface area contributed by atoms with Crippen LogP contribution in [0.1, 0.15) is 50.7 Å². The van der Waals surface area contributed by atoms with Crippen molar-refractivity contribution in [1.29, 1.82) is 0 Å². The Morgan fingerprint density at radius 1 is 1.33 bits per heavy atom. The average molecular weight is 270 g/mol. The molecule has 0 unspecified atom stereocenters. The lowest BCUT2D eigenvalue weighted by atomic mass is 9.97. The first-order chi connectivity index (χ1) is 8.60. The summed E-state index contributed by atoms with van der Waals surface area (Å²) in [4.78, 5) is 0. The number of benzene rings is 1. The van der Waals surface area contributed by atoms with Crippen molar-refractivity contribution in [3.63, 3.8) is 0 Å². The maximum absolute atomic E-state index is 6.19. The highest BCUT2D eigenvalue weighted by Gasteiger charge is 2.14. The molecule has 102 valence electrons. The Morgan fingerprint density at radius 3 is 2.61 bits per heavy atom. The number of hydrogen-bond donors (Lipinski definition) is 1. The molecule has 1 aromatic rings. The van der Waals surface area contributed by atoms with Crippen LogP contribution < -0.4 is 10.5 Å². The normalized spacial score (nSPS) is 11.0. The molecule has 1 rings (SSSR count). The van der Waals surface area contributed by atoms with E-state index in [0.717, 1.165) is 36.6 Å². The van der Waals surface area contributed by atoms with E-state index in [1.807, 2.05) is 12.1 Å². The van der Waals surface area contributed by atoms with Gasteiger partial charge in [-0.2, -0.15) is 0 Å². The van der Waals surface area contributed by atoms with Gasteiger partial charge in [0.1, 0.15) is 5.75 Å². The second kappa shape index (κ2) is 7.65. The lowest BCUT2D eigenvalue weighted by molar-refractivity contribution is 0.309. The molecule has 0 fully saturated rings. The van der Waals surface area contributed by atoms with E-state index in [0.29, 0.717) is 12.5 Å². The number of ether oxygens (including phenoxy) is 1. The first-order valence-corrected chi connectivity index (χ1v) is 7.13. The largest absolute Gasteiger partial charge is 0.493 e. The molecule has 0 bridgehead atoms. The second-order valence-electron chi connectivity index (χ2n) is 4.88. The number of rotatable bonds is 7. The minimum absolute atomic E-state index is 0.409. The van der Waals surface area contributed by atoms with E-state index < -0.39 is 0 Å². The zero-order valence-electron chi connectivity index (χ0n) is 11.6. The standard InChI is InChI=1S/C15H24ClNO/c1-4-8-18-15-12(6-5-7-17)9-13(16)10-14(15)11(2)3/h9-11H,4-8,17H2,1-3H3. The molecule has 0 amide bonds. The van der Waals surface area contributed by atoms with Crippen LogP contribution in [0.25, 0.3) is 0 Å². The Kier molecular flexibility index (Phi) is 6.51. The highest BCUT2D eigenvalue weighted by molar-refractivity contribution is 6.30. The first kappa shape index (κ1) is 15.3. The average Bonchev–Trinajstić information content (AvgIpc) is 2.34. The van der Waals surface area contributed by atoms with Crippen LogP contribution in [0.15, 0.2) is 12.1 Å². The van der Waals surface area contributed by atoms with E-state index in [2.05, 4.69) is 20.8 Å². The molecule has 0 spiro atoms. The molecule has 0 saturated heterocycles. The minimum atomic E-state index is 0.409. The third-order valence-electron chi connectivity index (χ3n) is 2.88. The van der Waals surface area contributed by atoms with Gasteiger partial charge in [-0.1, -0.05) is 32.4 Å². The van der Waals surface area contributed by atoms with Gasteiger partial charge in [0, 0.05) is 5.02 Å². The Labute approximate surface area is 115 Å². The maximum atomic E-state index is 6.19. The summed E-state index contributed by atoms with van der Waals surface area (Å²) < 4.78 is 5.93. The zero-order chi connectivity index (χ0) is 13.5. The van der Waals surface area contributed by atoms with Gasteiger partial charge in [0.25, 0.3) is 0 Å². The van der Waals surface area contributed by atoms with Gasteiger partial charge in [0.2, 0.25) is 0 Å². The predicted molar refractivity (Wildman–Crippen MR) is 78.7 cm³/mol. The summed E-state index contributed by atoms with van der Waals surface area (Å²) in [7, 11) is 0. The van der Waals surface area contributed by atoms with Gasteiger partial charge in [-0.3, -0.25) is 0 Å². The highest BCUT2D eigenvalue weighted by atomic mass is 35.5. The van der Waals surface area contributed by atoms with Crippen molar-refractivity contribution in [2.24, 2.45) is 5.73 Å². The van der Waals surface area contributed by atoms with Crippen LogP contribution in [-0.2, 0) is 6.42 Å². The van der Waals surface area contributed by atoms with E-state index in [4.69, 9.17) is 22.1 Å². The van der Waals surface area contributed by atoms with Crippen molar-refractivity contribution < 1.29 is 4.74 Å². The van der Waals surface area contributed by atoms with E-state index in [1.165, 1.54) is 11.1 Å². The molecule has 2 nitrogen and oxygen atoms in total. The minimum Gasteiger partial charge on any atom is -0.493 e. The predicted octanol–water partition coefficient (Wildman–Crippen LogP) is 4.14. The molecule has 0 atom stereocenters. The van der Waals surface area contributed by atoms with Crippen LogP contribution in [0.3, 0.4) is 0 Å². The fourth-order valence-corrected chi connectivity index (χ4v) is 2.21. The van der Waals surface area contributed by atoms with Crippen LogP contribution in [0.4, 0.5) is 0 Å². The van der Waals surface area contributed by atoms with E-state index in [-0.39, 0.29) is 0 Å². The summed E-state index contributed by atoms with van der Waals surface area (Å²) in [5.74, 6) is 1.43. The smallest absolute Gasteiger partial charge is 0.126 e. The Bertz CT molecular complexity index is 377. The van der Waals surface area contributed by atoms with E-state index in [9.17, 15) is 0 Å². The second-order valence-corrected chi connectivity index (χ2v) is 5.32. The lowest BCUT2D eigenvalue weighted by Gasteiger charge is -2.18. The number of halogens is 1. The highest BCUT2D eigenvalue weighted by Crippen LogP contribution is 2.34. The van der Waals surface area contributed by atoms with Gasteiger partial charge in [-0.25, -0.2) is 0 Å². The van der Waals surface area contributed by atoms with Crippen LogP contribution >= 0.6 is 11.6 Å². The number of nitrogens with two attached hydrogens (primary N) is 1. The Balaban J connectivity index is 3.10. The van der Waals surface area contributed by atoms with E-state index >= 15 is 0 Å². The molecule has 0 heterocycles. The van der Waals surface area contributed by atoms with Crippen LogP contribution in [0.2, 0.25) is 5.02 Å². The molecule has 0 aliphatic rings. The molecule has 1 aromatic carbocycles. The van der Waals surface area contributed by atoms with Gasteiger partial charge in [-0.05, 0) is 55.0 Å². The molecule has 0 aliphatic carbocycles. The molecule has 2 N–H and O–H groups in total. The zero-order valence-corrected chi connectivity index (χ0v) is 12.4. The monoisotopic (exact) mass is 269 g/mol. The van der Waals surface area contributed by atoms with Crippen molar-refractivity contribution in [1.82, 2.24) is 0 Å². The molecule has 3 heteroatoms. The van der Waals surface area contributed by atoms with Crippen molar-refractivity contribution in [3.8, 4) is 5.75 Å². The van der Waals surface area contributed by atoms with E-state index in [1.54, 1.807) is 0 Å². The van der Waals surface area contributed by atoms with Crippen molar-refractivity contribution in [2.75, 3.05) is 13.2 Å². The summed E-state index contributed by atoms with van der Waals surface area (Å²) in [6.45, 7) is 7.88. The number of aryl methyl sites for hydroxylation is 1. The third-order valence-corrected chi connectivity index (χ3v) is 3.10. The molecule has 0 aromatic heterocycles. The summed E-state index contributed by atoms with van der Waals surface area (Å²) in [6, 6.07) is 4.03. The summed E-state index contributed by atoms with van der Waals surface area (Å²) in [5, 5.41) is 0.787. The van der Waals surface area contributed by atoms with Crippen molar-refractivity contribution in [3.05, 3.63) is 28.3 Å². The molecular weight excluding hydrogens is 246 g/mol. The topological polar surface area (TPSA) is 35.2 Å². The fourth-order valence-electron chi connectivity index (χ4n) is 1.96. The van der Waals surface area contributed by atoms with Gasteiger partial charge in [0.05, 0.1) is 6.61 Å². The van der Waals surface area contributed by atoms with Crippen LogP contribution in [0.5, 0.6) is 5.75 Å². The van der Waals surface area contributed by atoms with Crippen molar-refractivity contribution in [2.45, 2.75) is 46.0 Å². The van der Waals surface area contributed by atoms with Crippen LogP contribution in [-0.4, -0.2) is 13.2 Å². The summed E-state index contributed by atoms with van der Waals surface area (Å²) >= 11 is 6.19. The lowest BCUT2D eigenvalue weighted by Crippen LogP contribution is -2.06. The third kappa shape index (κ3) is 4.18. The first-order valence-electron chi connectivity index (χ1n) is 6.75. The van der Waals surface area contributed by atoms with Gasteiger partial charge < -0.3 is 10.5 Å². The fraction of sp³-hybridized carbons (Fsp3) is 0.600. The molecule has 0 saturated carbocycles. The summed E-state index contributed by atoms with van der Waals surface area (Å²) in [6.07, 6.45) is 2.90. The van der Waals surface area contributed by atoms with Gasteiger partial charge in [-0.15, -0.1) is 0 Å².